The second-order valence-electron chi connectivity index (χ2n) is 2.35. The van der Waals surface area contributed by atoms with E-state index in [9.17, 15) is 9.59 Å². The first-order valence-corrected chi connectivity index (χ1v) is 5.01. The summed E-state index contributed by atoms with van der Waals surface area (Å²) in [5, 5.41) is 11.0. The predicted octanol–water partition coefficient (Wildman–Crippen LogP) is -0.435. The summed E-state index contributed by atoms with van der Waals surface area (Å²) in [6, 6.07) is -0.954. The molecule has 2 N–H and O–H groups in total. The van der Waals surface area contributed by atoms with Gasteiger partial charge in [-0.25, -0.2) is 4.79 Å². The summed E-state index contributed by atoms with van der Waals surface area (Å²) in [5.41, 5.74) is 0. The lowest BCUT2D eigenvalue weighted by Gasteiger charge is -2.12. The molecule has 0 aromatic rings. The minimum atomic E-state index is -1.09. The van der Waals surface area contributed by atoms with Crippen LogP contribution in [0.15, 0.2) is 0 Å². The molecule has 0 heterocycles. The molecule has 1 amide bonds. The second kappa shape index (κ2) is 6.73. The molecule has 0 aromatic carbocycles. The highest BCUT2D eigenvalue weighted by Gasteiger charge is 2.18. The van der Waals surface area contributed by atoms with E-state index in [2.05, 4.69) is 10.1 Å². The first kappa shape index (κ1) is 12.2. The summed E-state index contributed by atoms with van der Waals surface area (Å²) in [4.78, 5) is 21.5. The number of hydrogen-bond acceptors (Lipinski definition) is 4. The number of carboxylic acid groups (broad SMARTS) is 1. The number of carbonyl (C=O) groups excluding carboxylic acids is 1. The molecule has 0 saturated carbocycles. The largest absolute Gasteiger partial charge is 0.480 e. The Kier molecular flexibility index (Phi) is 6.34. The van der Waals surface area contributed by atoms with Gasteiger partial charge in [0.1, 0.15) is 0 Å². The van der Waals surface area contributed by atoms with Crippen LogP contribution in [-0.2, 0) is 14.3 Å². The first-order valence-electron chi connectivity index (χ1n) is 3.61. The maximum Gasteiger partial charge on any atom is 0.328 e. The summed E-state index contributed by atoms with van der Waals surface area (Å²) < 4.78 is 4.64. The maximum absolute atomic E-state index is 11.0. The van der Waals surface area contributed by atoms with Crippen molar-refractivity contribution in [3.8, 4) is 0 Å². The van der Waals surface area contributed by atoms with Crippen molar-refractivity contribution in [2.45, 2.75) is 6.04 Å². The zero-order chi connectivity index (χ0) is 10.3. The average Bonchev–Trinajstić information content (AvgIpc) is 2.04. The van der Waals surface area contributed by atoms with Crippen LogP contribution < -0.4 is 5.32 Å². The van der Waals surface area contributed by atoms with Crippen LogP contribution in [0.4, 0.5) is 0 Å². The molecule has 76 valence electrons. The zero-order valence-electron chi connectivity index (χ0n) is 7.57. The number of ether oxygens (including phenoxy) is 1. The first-order chi connectivity index (χ1) is 6.11. The number of thioether (sulfide) groups is 1. The van der Waals surface area contributed by atoms with Gasteiger partial charge in [0.05, 0.1) is 12.4 Å². The van der Waals surface area contributed by atoms with Gasteiger partial charge in [0.2, 0.25) is 5.91 Å². The third kappa shape index (κ3) is 5.48. The van der Waals surface area contributed by atoms with Crippen molar-refractivity contribution in [2.24, 2.45) is 0 Å². The smallest absolute Gasteiger partial charge is 0.328 e. The van der Waals surface area contributed by atoms with Crippen molar-refractivity contribution in [3.63, 3.8) is 0 Å². The Bertz CT molecular complexity index is 185. The van der Waals surface area contributed by atoms with Gasteiger partial charge in [0.25, 0.3) is 0 Å². The van der Waals surface area contributed by atoms with E-state index >= 15 is 0 Å². The van der Waals surface area contributed by atoms with E-state index in [4.69, 9.17) is 5.11 Å². The van der Waals surface area contributed by atoms with Crippen molar-refractivity contribution in [2.75, 3.05) is 25.7 Å². The van der Waals surface area contributed by atoms with E-state index in [1.807, 2.05) is 0 Å². The number of hydrogen-bond donors (Lipinski definition) is 2. The maximum atomic E-state index is 11.0. The van der Waals surface area contributed by atoms with Crippen molar-refractivity contribution >= 4 is 23.6 Å². The molecule has 0 aliphatic carbocycles. The van der Waals surface area contributed by atoms with Crippen molar-refractivity contribution in [1.82, 2.24) is 5.32 Å². The van der Waals surface area contributed by atoms with Gasteiger partial charge in [0.15, 0.2) is 6.04 Å². The molecule has 0 bridgehead atoms. The normalized spacial score (nSPS) is 12.2. The molecule has 6 heteroatoms. The number of nitrogens with one attached hydrogen (secondary N) is 1. The van der Waals surface area contributed by atoms with Gasteiger partial charge < -0.3 is 15.2 Å². The molecule has 0 fully saturated rings. The van der Waals surface area contributed by atoms with E-state index in [1.54, 1.807) is 6.26 Å². The van der Waals surface area contributed by atoms with Crippen LogP contribution >= 0.6 is 11.8 Å². The van der Waals surface area contributed by atoms with Crippen molar-refractivity contribution in [1.29, 1.82) is 0 Å². The SMILES string of the molecule is COCC(NC(=O)CSC)C(=O)O. The van der Waals surface area contributed by atoms with Gasteiger partial charge in [0, 0.05) is 7.11 Å². The van der Waals surface area contributed by atoms with Crippen molar-refractivity contribution < 1.29 is 19.4 Å². The Labute approximate surface area is 80.8 Å². The summed E-state index contributed by atoms with van der Waals surface area (Å²) >= 11 is 1.34. The summed E-state index contributed by atoms with van der Waals surface area (Å²) in [6.45, 7) is -0.0184. The lowest BCUT2D eigenvalue weighted by atomic mass is 10.3. The van der Waals surface area contributed by atoms with Gasteiger partial charge in [-0.2, -0.15) is 11.8 Å². The number of carboxylic acids is 1. The van der Waals surface area contributed by atoms with Gasteiger partial charge in [-0.15, -0.1) is 0 Å². The molecule has 0 spiro atoms. The zero-order valence-corrected chi connectivity index (χ0v) is 8.39. The van der Waals surface area contributed by atoms with Crippen LogP contribution in [0.3, 0.4) is 0 Å². The highest BCUT2D eigenvalue weighted by molar-refractivity contribution is 7.99. The minimum Gasteiger partial charge on any atom is -0.480 e. The van der Waals surface area contributed by atoms with Crippen LogP contribution in [0.5, 0.6) is 0 Å². The van der Waals surface area contributed by atoms with Crippen LogP contribution in [0.1, 0.15) is 0 Å². The summed E-state index contributed by atoms with van der Waals surface area (Å²) in [6.07, 6.45) is 1.77. The molecular weight excluding hydrogens is 194 g/mol. The summed E-state index contributed by atoms with van der Waals surface area (Å²) in [7, 11) is 1.39. The molecular formula is C7H13NO4S. The molecule has 1 atom stereocenters. The van der Waals surface area contributed by atoms with E-state index < -0.39 is 12.0 Å². The van der Waals surface area contributed by atoms with Crippen LogP contribution in [0, 0.1) is 0 Å². The Morgan fingerprint density at radius 3 is 2.62 bits per heavy atom. The van der Waals surface area contributed by atoms with Gasteiger partial charge in [-0.1, -0.05) is 0 Å². The fourth-order valence-electron chi connectivity index (χ4n) is 0.708. The number of amides is 1. The average molecular weight is 207 g/mol. The monoisotopic (exact) mass is 207 g/mol. The molecule has 13 heavy (non-hydrogen) atoms. The van der Waals surface area contributed by atoms with Gasteiger partial charge in [-0.05, 0) is 6.26 Å². The Morgan fingerprint density at radius 2 is 2.23 bits per heavy atom. The number of aliphatic carboxylic acids is 1. The molecule has 0 aliphatic heterocycles. The number of methoxy groups -OCH3 is 1. The molecule has 0 aromatic heterocycles. The van der Waals surface area contributed by atoms with Crippen LogP contribution in [0.2, 0.25) is 0 Å². The number of rotatable bonds is 6. The quantitative estimate of drug-likeness (QED) is 0.618. The minimum absolute atomic E-state index is 0.0184. The van der Waals surface area contributed by atoms with Crippen molar-refractivity contribution in [3.05, 3.63) is 0 Å². The van der Waals surface area contributed by atoms with E-state index in [1.165, 1.54) is 18.9 Å². The molecule has 0 saturated heterocycles. The van der Waals surface area contributed by atoms with E-state index in [0.29, 0.717) is 0 Å². The third-order valence-electron chi connectivity index (χ3n) is 1.24. The topological polar surface area (TPSA) is 75.6 Å². The molecule has 0 rings (SSSR count). The molecule has 0 aliphatic rings. The fraction of sp³-hybridized carbons (Fsp3) is 0.714. The highest BCUT2D eigenvalue weighted by atomic mass is 32.2. The second-order valence-corrected chi connectivity index (χ2v) is 3.21. The summed E-state index contributed by atoms with van der Waals surface area (Å²) in [5.74, 6) is -1.12. The number of carbonyl (C=O) groups is 2. The Hall–Kier alpha value is -0.750. The predicted molar refractivity (Wildman–Crippen MR) is 49.8 cm³/mol. The van der Waals surface area contributed by atoms with Gasteiger partial charge >= 0.3 is 5.97 Å². The third-order valence-corrected chi connectivity index (χ3v) is 1.79. The van der Waals surface area contributed by atoms with E-state index in [0.717, 1.165) is 0 Å². The van der Waals surface area contributed by atoms with E-state index in [-0.39, 0.29) is 18.3 Å². The van der Waals surface area contributed by atoms with Crippen LogP contribution in [-0.4, -0.2) is 48.8 Å². The lowest BCUT2D eigenvalue weighted by Crippen LogP contribution is -2.44. The lowest BCUT2D eigenvalue weighted by molar-refractivity contribution is -0.142. The standard InChI is InChI=1S/C7H13NO4S/c1-12-3-5(7(10)11)8-6(9)4-13-2/h5H,3-4H2,1-2H3,(H,8,9)(H,10,11). The molecule has 0 radical (unpaired) electrons. The Morgan fingerprint density at radius 1 is 1.62 bits per heavy atom. The van der Waals surface area contributed by atoms with Gasteiger partial charge in [-0.3, -0.25) is 4.79 Å². The fourth-order valence-corrected chi connectivity index (χ4v) is 1.05. The highest BCUT2D eigenvalue weighted by Crippen LogP contribution is 1.92. The Balaban J connectivity index is 3.94. The molecule has 1 unspecified atom stereocenters. The molecule has 5 nitrogen and oxygen atoms in total. The van der Waals surface area contributed by atoms with Crippen LogP contribution in [0.25, 0.3) is 0 Å².